The lowest BCUT2D eigenvalue weighted by atomic mass is 9.94. The molecule has 1 aliphatic heterocycles. The largest absolute Gasteiger partial charge is 0.435 e. The maximum atomic E-state index is 12.3. The standard InChI is InChI=1S/C13H14F2O2S/c1-13(6-3-7-18-13)11(16)9-4-2-5-10(8-9)17-12(14)15/h2,4-5,8,12H,3,6-7H2,1H3. The van der Waals surface area contributed by atoms with Crippen LogP contribution in [0.4, 0.5) is 8.78 Å². The van der Waals surface area contributed by atoms with E-state index in [4.69, 9.17) is 0 Å². The van der Waals surface area contributed by atoms with Crippen LogP contribution in [-0.4, -0.2) is 22.9 Å². The molecule has 0 N–H and O–H groups in total. The zero-order valence-corrected chi connectivity index (χ0v) is 10.8. The van der Waals surface area contributed by atoms with Gasteiger partial charge in [0.25, 0.3) is 0 Å². The van der Waals surface area contributed by atoms with Crippen LogP contribution in [0.1, 0.15) is 30.1 Å². The number of hydrogen-bond acceptors (Lipinski definition) is 3. The fraction of sp³-hybridized carbons (Fsp3) is 0.462. The van der Waals surface area contributed by atoms with Gasteiger partial charge >= 0.3 is 6.61 Å². The second kappa shape index (κ2) is 5.26. The fourth-order valence-corrected chi connectivity index (χ4v) is 3.35. The highest BCUT2D eigenvalue weighted by Crippen LogP contribution is 2.40. The topological polar surface area (TPSA) is 26.3 Å². The fourth-order valence-electron chi connectivity index (χ4n) is 2.08. The molecule has 0 aliphatic carbocycles. The number of ether oxygens (including phenoxy) is 1. The van der Waals surface area contributed by atoms with E-state index in [2.05, 4.69) is 4.74 Å². The monoisotopic (exact) mass is 272 g/mol. The first kappa shape index (κ1) is 13.3. The van der Waals surface area contributed by atoms with Crippen LogP contribution >= 0.6 is 11.8 Å². The van der Waals surface area contributed by atoms with Crippen LogP contribution in [0.5, 0.6) is 5.75 Å². The Morgan fingerprint density at radius 3 is 2.89 bits per heavy atom. The molecule has 98 valence electrons. The van der Waals surface area contributed by atoms with E-state index in [-0.39, 0.29) is 11.5 Å². The van der Waals surface area contributed by atoms with E-state index >= 15 is 0 Å². The summed E-state index contributed by atoms with van der Waals surface area (Å²) in [5.74, 6) is 0.988. The Morgan fingerprint density at radius 1 is 1.50 bits per heavy atom. The summed E-state index contributed by atoms with van der Waals surface area (Å²) < 4.78 is 28.1. The Balaban J connectivity index is 2.20. The van der Waals surface area contributed by atoms with Crippen LogP contribution in [0.3, 0.4) is 0 Å². The van der Waals surface area contributed by atoms with Gasteiger partial charge in [-0.05, 0) is 37.7 Å². The molecule has 18 heavy (non-hydrogen) atoms. The third-order valence-electron chi connectivity index (χ3n) is 3.02. The molecule has 1 heterocycles. The Morgan fingerprint density at radius 2 is 2.28 bits per heavy atom. The van der Waals surface area contributed by atoms with E-state index < -0.39 is 11.4 Å². The highest BCUT2D eigenvalue weighted by atomic mass is 32.2. The summed E-state index contributed by atoms with van der Waals surface area (Å²) in [5, 5.41) is 0. The molecule has 0 spiro atoms. The van der Waals surface area contributed by atoms with Crippen LogP contribution in [0.2, 0.25) is 0 Å². The average Bonchev–Trinajstić information content (AvgIpc) is 2.76. The van der Waals surface area contributed by atoms with Gasteiger partial charge in [0.05, 0.1) is 4.75 Å². The van der Waals surface area contributed by atoms with Crippen molar-refractivity contribution in [2.24, 2.45) is 0 Å². The van der Waals surface area contributed by atoms with Crippen molar-refractivity contribution in [2.75, 3.05) is 5.75 Å². The smallest absolute Gasteiger partial charge is 0.387 e. The number of thioether (sulfide) groups is 1. The zero-order chi connectivity index (χ0) is 13.2. The molecule has 1 aliphatic rings. The predicted octanol–water partition coefficient (Wildman–Crippen LogP) is 3.76. The number of carbonyl (C=O) groups excluding carboxylic acids is 1. The molecule has 1 aromatic carbocycles. The summed E-state index contributed by atoms with van der Waals surface area (Å²) in [7, 11) is 0. The second-order valence-corrected chi connectivity index (χ2v) is 6.02. The molecule has 1 saturated heterocycles. The number of hydrogen-bond donors (Lipinski definition) is 0. The molecule has 1 fully saturated rings. The molecule has 1 atom stereocenters. The Bertz CT molecular complexity index is 442. The average molecular weight is 272 g/mol. The van der Waals surface area contributed by atoms with Gasteiger partial charge in [-0.15, -0.1) is 11.8 Å². The van der Waals surface area contributed by atoms with Crippen molar-refractivity contribution in [1.82, 2.24) is 0 Å². The van der Waals surface area contributed by atoms with Gasteiger partial charge in [-0.1, -0.05) is 12.1 Å². The normalized spacial score (nSPS) is 23.3. The number of Topliss-reactive ketones (excluding diaryl/α,β-unsaturated/α-hetero) is 1. The SMILES string of the molecule is CC1(C(=O)c2cccc(OC(F)F)c2)CCCS1. The lowest BCUT2D eigenvalue weighted by Gasteiger charge is -2.21. The number of alkyl halides is 2. The summed E-state index contributed by atoms with van der Waals surface area (Å²) in [4.78, 5) is 12.3. The number of carbonyl (C=O) groups is 1. The minimum absolute atomic E-state index is 0.00952. The van der Waals surface area contributed by atoms with Gasteiger partial charge in [0.15, 0.2) is 5.78 Å². The van der Waals surface area contributed by atoms with Crippen molar-refractivity contribution >= 4 is 17.5 Å². The molecule has 5 heteroatoms. The van der Waals surface area contributed by atoms with Crippen LogP contribution in [0.25, 0.3) is 0 Å². The third-order valence-corrected chi connectivity index (χ3v) is 4.54. The predicted molar refractivity (Wildman–Crippen MR) is 67.5 cm³/mol. The molecule has 2 rings (SSSR count). The molecule has 2 nitrogen and oxygen atoms in total. The van der Waals surface area contributed by atoms with E-state index in [9.17, 15) is 13.6 Å². The van der Waals surface area contributed by atoms with Gasteiger partial charge in [-0.3, -0.25) is 4.79 Å². The van der Waals surface area contributed by atoms with Crippen molar-refractivity contribution in [3.63, 3.8) is 0 Å². The number of halogens is 2. The minimum atomic E-state index is -2.87. The highest BCUT2D eigenvalue weighted by molar-refractivity contribution is 8.01. The molecule has 0 bridgehead atoms. The van der Waals surface area contributed by atoms with Crippen molar-refractivity contribution in [3.8, 4) is 5.75 Å². The van der Waals surface area contributed by atoms with Crippen molar-refractivity contribution < 1.29 is 18.3 Å². The van der Waals surface area contributed by atoms with Crippen LogP contribution in [0.15, 0.2) is 24.3 Å². The molecule has 1 aromatic rings. The summed E-state index contributed by atoms with van der Waals surface area (Å²) >= 11 is 1.63. The summed E-state index contributed by atoms with van der Waals surface area (Å²) in [5.41, 5.74) is 0.435. The maximum absolute atomic E-state index is 12.3. The van der Waals surface area contributed by atoms with Crippen LogP contribution in [0, 0.1) is 0 Å². The molecule has 0 amide bonds. The van der Waals surface area contributed by atoms with Crippen LogP contribution < -0.4 is 4.74 Å². The Labute approximate surface area is 109 Å². The molecular weight excluding hydrogens is 258 g/mol. The summed E-state index contributed by atoms with van der Waals surface area (Å²) in [6.45, 7) is -0.958. The van der Waals surface area contributed by atoms with Crippen molar-refractivity contribution in [2.45, 2.75) is 31.1 Å². The van der Waals surface area contributed by atoms with E-state index in [1.165, 1.54) is 12.1 Å². The zero-order valence-electron chi connectivity index (χ0n) is 9.99. The molecule has 1 unspecified atom stereocenters. The first-order valence-electron chi connectivity index (χ1n) is 5.75. The lowest BCUT2D eigenvalue weighted by Crippen LogP contribution is -2.28. The van der Waals surface area contributed by atoms with Gasteiger partial charge in [-0.2, -0.15) is 8.78 Å². The van der Waals surface area contributed by atoms with Crippen LogP contribution in [-0.2, 0) is 0 Å². The Hall–Kier alpha value is -1.10. The number of ketones is 1. The first-order chi connectivity index (χ1) is 8.51. The number of rotatable bonds is 4. The molecular formula is C13H14F2O2S. The molecule has 0 saturated carbocycles. The highest BCUT2D eigenvalue weighted by Gasteiger charge is 2.37. The maximum Gasteiger partial charge on any atom is 0.387 e. The summed E-state index contributed by atoms with van der Waals surface area (Å²) in [6, 6.07) is 6.02. The van der Waals surface area contributed by atoms with E-state index in [1.807, 2.05) is 6.92 Å². The van der Waals surface area contributed by atoms with Crippen molar-refractivity contribution in [3.05, 3.63) is 29.8 Å². The van der Waals surface area contributed by atoms with E-state index in [0.717, 1.165) is 18.6 Å². The van der Waals surface area contributed by atoms with Gasteiger partial charge < -0.3 is 4.74 Å². The van der Waals surface area contributed by atoms with Gasteiger partial charge in [-0.25, -0.2) is 0 Å². The quantitative estimate of drug-likeness (QED) is 0.781. The first-order valence-corrected chi connectivity index (χ1v) is 6.73. The lowest BCUT2D eigenvalue weighted by molar-refractivity contribution is -0.0498. The third kappa shape index (κ3) is 2.83. The Kier molecular flexibility index (Phi) is 3.90. The molecule has 0 aromatic heterocycles. The summed E-state index contributed by atoms with van der Waals surface area (Å²) in [6.07, 6.45) is 1.84. The second-order valence-electron chi connectivity index (χ2n) is 4.42. The van der Waals surface area contributed by atoms with E-state index in [0.29, 0.717) is 5.56 Å². The van der Waals surface area contributed by atoms with E-state index in [1.54, 1.807) is 23.9 Å². The molecule has 0 radical (unpaired) electrons. The van der Waals surface area contributed by atoms with Gasteiger partial charge in [0.2, 0.25) is 0 Å². The van der Waals surface area contributed by atoms with Gasteiger partial charge in [0.1, 0.15) is 5.75 Å². The van der Waals surface area contributed by atoms with Crippen molar-refractivity contribution in [1.29, 1.82) is 0 Å². The minimum Gasteiger partial charge on any atom is -0.435 e. The van der Waals surface area contributed by atoms with Gasteiger partial charge in [0, 0.05) is 5.56 Å². The number of benzene rings is 1.